The van der Waals surface area contributed by atoms with E-state index in [1.807, 2.05) is 0 Å². The van der Waals surface area contributed by atoms with Crippen molar-refractivity contribution in [2.24, 2.45) is 16.9 Å². The first-order chi connectivity index (χ1) is 7.51. The molecule has 0 bridgehead atoms. The van der Waals surface area contributed by atoms with E-state index in [1.54, 1.807) is 0 Å². The van der Waals surface area contributed by atoms with Crippen LogP contribution < -0.4 is 11.5 Å². The van der Waals surface area contributed by atoms with Gasteiger partial charge in [-0.05, 0) is 32.2 Å². The van der Waals surface area contributed by atoms with Crippen LogP contribution in [-0.4, -0.2) is 18.4 Å². The average Bonchev–Trinajstić information content (AvgIpc) is 2.25. The summed E-state index contributed by atoms with van der Waals surface area (Å²) in [5.74, 6) is 0.227. The minimum absolute atomic E-state index is 0.225. The molecule has 0 aromatic heterocycles. The van der Waals surface area contributed by atoms with Crippen molar-refractivity contribution in [3.8, 4) is 0 Å². The fourth-order valence-electron chi connectivity index (χ4n) is 2.39. The zero-order valence-corrected chi connectivity index (χ0v) is 11.1. The summed E-state index contributed by atoms with van der Waals surface area (Å²) in [6, 6.07) is -0.327. The van der Waals surface area contributed by atoms with E-state index in [2.05, 4.69) is 20.8 Å². The van der Waals surface area contributed by atoms with Gasteiger partial charge in [0.15, 0.2) is 5.78 Å². The van der Waals surface area contributed by atoms with E-state index in [9.17, 15) is 4.79 Å². The van der Waals surface area contributed by atoms with Crippen LogP contribution in [0.3, 0.4) is 0 Å². The van der Waals surface area contributed by atoms with Crippen molar-refractivity contribution in [1.82, 2.24) is 0 Å². The van der Waals surface area contributed by atoms with Crippen molar-refractivity contribution in [2.75, 3.05) is 6.54 Å². The van der Waals surface area contributed by atoms with Crippen LogP contribution in [0.15, 0.2) is 0 Å². The van der Waals surface area contributed by atoms with Gasteiger partial charge in [-0.3, -0.25) is 4.79 Å². The Bertz CT molecular complexity index is 198. The highest BCUT2D eigenvalue weighted by molar-refractivity contribution is 5.89. The molecule has 3 nitrogen and oxygen atoms in total. The largest absolute Gasteiger partial charge is 0.330 e. The molecular weight excluding hydrogens is 200 g/mol. The lowest BCUT2D eigenvalue weighted by Gasteiger charge is -2.30. The van der Waals surface area contributed by atoms with Gasteiger partial charge >= 0.3 is 0 Å². The van der Waals surface area contributed by atoms with E-state index < -0.39 is 0 Å². The van der Waals surface area contributed by atoms with E-state index >= 15 is 0 Å². The van der Waals surface area contributed by atoms with Gasteiger partial charge in [0, 0.05) is 5.41 Å². The maximum absolute atomic E-state index is 12.3. The van der Waals surface area contributed by atoms with Crippen LogP contribution in [0.4, 0.5) is 0 Å². The standard InChI is InChI=1S/C13H28N2O/c1-4-8-13(3,9-5-2)12(16)11(15)7-6-10-14/h11H,4-10,14-15H2,1-3H3/t11-/m1/s1. The molecule has 0 aliphatic heterocycles. The summed E-state index contributed by atoms with van der Waals surface area (Å²) in [6.45, 7) is 6.91. The molecule has 0 radical (unpaired) electrons. The lowest BCUT2D eigenvalue weighted by Crippen LogP contribution is -2.42. The molecule has 0 spiro atoms. The molecule has 0 unspecified atom stereocenters. The molecule has 0 amide bonds. The number of rotatable bonds is 9. The molecule has 16 heavy (non-hydrogen) atoms. The number of carbonyl (C=O) groups is 1. The van der Waals surface area contributed by atoms with Crippen LogP contribution in [0.1, 0.15) is 59.3 Å². The molecule has 0 fully saturated rings. The first-order valence-electron chi connectivity index (χ1n) is 6.51. The Morgan fingerprint density at radius 3 is 2.12 bits per heavy atom. The summed E-state index contributed by atoms with van der Waals surface area (Å²) in [5, 5.41) is 0. The second-order valence-corrected chi connectivity index (χ2v) is 4.96. The summed E-state index contributed by atoms with van der Waals surface area (Å²) in [7, 11) is 0. The second-order valence-electron chi connectivity index (χ2n) is 4.96. The van der Waals surface area contributed by atoms with Gasteiger partial charge in [-0.2, -0.15) is 0 Å². The average molecular weight is 228 g/mol. The summed E-state index contributed by atoms with van der Waals surface area (Å²) >= 11 is 0. The normalized spacial score (nSPS) is 13.8. The molecule has 1 atom stereocenters. The molecule has 0 aliphatic carbocycles. The highest BCUT2D eigenvalue weighted by atomic mass is 16.1. The van der Waals surface area contributed by atoms with Gasteiger partial charge in [0.05, 0.1) is 6.04 Å². The van der Waals surface area contributed by atoms with Crippen LogP contribution in [0.25, 0.3) is 0 Å². The molecule has 4 N–H and O–H groups in total. The van der Waals surface area contributed by atoms with Gasteiger partial charge in [-0.15, -0.1) is 0 Å². The Morgan fingerprint density at radius 2 is 1.75 bits per heavy atom. The maximum atomic E-state index is 12.3. The van der Waals surface area contributed by atoms with Crippen molar-refractivity contribution in [1.29, 1.82) is 0 Å². The second kappa shape index (κ2) is 7.80. The van der Waals surface area contributed by atoms with Crippen LogP contribution in [0.5, 0.6) is 0 Å². The molecule has 0 aromatic rings. The quantitative estimate of drug-likeness (QED) is 0.636. The highest BCUT2D eigenvalue weighted by Gasteiger charge is 2.34. The lowest BCUT2D eigenvalue weighted by atomic mass is 9.74. The van der Waals surface area contributed by atoms with Crippen molar-refractivity contribution in [3.05, 3.63) is 0 Å². The molecule has 0 aliphatic rings. The van der Waals surface area contributed by atoms with E-state index in [0.29, 0.717) is 6.54 Å². The molecule has 3 heteroatoms. The molecule has 0 heterocycles. The van der Waals surface area contributed by atoms with E-state index in [0.717, 1.165) is 38.5 Å². The number of hydrogen-bond donors (Lipinski definition) is 2. The fourth-order valence-corrected chi connectivity index (χ4v) is 2.39. The minimum atomic E-state index is -0.327. The lowest BCUT2D eigenvalue weighted by molar-refractivity contribution is -0.130. The van der Waals surface area contributed by atoms with Crippen LogP contribution in [0, 0.1) is 5.41 Å². The summed E-state index contributed by atoms with van der Waals surface area (Å²) < 4.78 is 0. The zero-order valence-electron chi connectivity index (χ0n) is 11.1. The van der Waals surface area contributed by atoms with Gasteiger partial charge in [-0.25, -0.2) is 0 Å². The molecule has 0 saturated heterocycles. The van der Waals surface area contributed by atoms with Crippen molar-refractivity contribution < 1.29 is 4.79 Å². The van der Waals surface area contributed by atoms with E-state index in [-0.39, 0.29) is 17.2 Å². The summed E-state index contributed by atoms with van der Waals surface area (Å²) in [4.78, 5) is 12.3. The van der Waals surface area contributed by atoms with Crippen molar-refractivity contribution >= 4 is 5.78 Å². The van der Waals surface area contributed by atoms with Crippen molar-refractivity contribution in [3.63, 3.8) is 0 Å². The molecule has 0 aromatic carbocycles. The summed E-state index contributed by atoms with van der Waals surface area (Å²) in [5.41, 5.74) is 11.2. The molecule has 96 valence electrons. The van der Waals surface area contributed by atoms with Gasteiger partial charge in [0.2, 0.25) is 0 Å². The Morgan fingerprint density at radius 1 is 1.25 bits per heavy atom. The third kappa shape index (κ3) is 4.62. The fraction of sp³-hybridized carbons (Fsp3) is 0.923. The van der Waals surface area contributed by atoms with Gasteiger partial charge in [0.1, 0.15) is 0 Å². The third-order valence-corrected chi connectivity index (χ3v) is 3.25. The Hall–Kier alpha value is -0.410. The van der Waals surface area contributed by atoms with Crippen LogP contribution in [0.2, 0.25) is 0 Å². The molecular formula is C13H28N2O. The van der Waals surface area contributed by atoms with Gasteiger partial charge in [0.25, 0.3) is 0 Å². The predicted molar refractivity (Wildman–Crippen MR) is 69.2 cm³/mol. The molecule has 0 saturated carbocycles. The molecule has 0 rings (SSSR count). The number of nitrogens with two attached hydrogens (primary N) is 2. The SMILES string of the molecule is CCCC(C)(CCC)C(=O)[C@H](N)CCCN. The Kier molecular flexibility index (Phi) is 7.60. The Labute approximate surface area is 100.0 Å². The van der Waals surface area contributed by atoms with E-state index in [1.165, 1.54) is 0 Å². The van der Waals surface area contributed by atoms with Gasteiger partial charge in [-0.1, -0.05) is 33.6 Å². The van der Waals surface area contributed by atoms with Crippen LogP contribution >= 0.6 is 0 Å². The first-order valence-corrected chi connectivity index (χ1v) is 6.51. The maximum Gasteiger partial charge on any atom is 0.155 e. The number of ketones is 1. The number of Topliss-reactive ketones (excluding diaryl/α,β-unsaturated/α-hetero) is 1. The third-order valence-electron chi connectivity index (χ3n) is 3.25. The number of carbonyl (C=O) groups excluding carboxylic acids is 1. The monoisotopic (exact) mass is 228 g/mol. The Balaban J connectivity index is 4.46. The zero-order chi connectivity index (χ0) is 12.6. The van der Waals surface area contributed by atoms with E-state index in [4.69, 9.17) is 11.5 Å². The summed E-state index contributed by atoms with van der Waals surface area (Å²) in [6.07, 6.45) is 5.50. The topological polar surface area (TPSA) is 69.1 Å². The number of hydrogen-bond acceptors (Lipinski definition) is 3. The van der Waals surface area contributed by atoms with Crippen LogP contribution in [-0.2, 0) is 4.79 Å². The predicted octanol–water partition coefficient (Wildman–Crippen LogP) is 2.23. The highest BCUT2D eigenvalue weighted by Crippen LogP contribution is 2.31. The smallest absolute Gasteiger partial charge is 0.155 e. The van der Waals surface area contributed by atoms with Crippen molar-refractivity contribution in [2.45, 2.75) is 65.3 Å². The minimum Gasteiger partial charge on any atom is -0.330 e. The first kappa shape index (κ1) is 15.6. The van der Waals surface area contributed by atoms with Gasteiger partial charge < -0.3 is 11.5 Å².